The topological polar surface area (TPSA) is 52.6 Å². The first-order valence-electron chi connectivity index (χ1n) is 8.46. The zero-order valence-corrected chi connectivity index (χ0v) is 15.1. The first-order chi connectivity index (χ1) is 11.4. The Morgan fingerprint density at radius 2 is 1.62 bits per heavy atom. The van der Waals surface area contributed by atoms with Crippen LogP contribution < -0.4 is 0 Å². The van der Waals surface area contributed by atoms with Crippen LogP contribution in [0.25, 0.3) is 0 Å². The van der Waals surface area contributed by atoms with E-state index in [1.807, 2.05) is 19.1 Å². The Bertz CT molecular complexity index is 559. The zero-order chi connectivity index (χ0) is 18.1. The molecular weight excluding hydrogens is 304 g/mol. The first kappa shape index (κ1) is 19.9. The van der Waals surface area contributed by atoms with Gasteiger partial charge in [0.25, 0.3) is 0 Å². The van der Waals surface area contributed by atoms with Gasteiger partial charge in [0.1, 0.15) is 0 Å². The van der Waals surface area contributed by atoms with E-state index in [0.29, 0.717) is 6.42 Å². The Balaban J connectivity index is 2.77. The standard InChI is InChI=1S/C20H28O4/c1-6-23-19(21)18(20(22)24-7-2)13-16(5)15(4)12-17-11-9-8-10-14(17)3/h8-11,16,18H,4,6-7,12-13H2,1-3,5H3. The van der Waals surface area contributed by atoms with Crippen molar-refractivity contribution in [3.63, 3.8) is 0 Å². The van der Waals surface area contributed by atoms with Crippen molar-refractivity contribution in [1.82, 2.24) is 0 Å². The lowest BCUT2D eigenvalue weighted by Gasteiger charge is -2.20. The van der Waals surface area contributed by atoms with E-state index in [4.69, 9.17) is 9.47 Å². The number of aryl methyl sites for hydroxylation is 1. The van der Waals surface area contributed by atoms with Gasteiger partial charge in [-0.1, -0.05) is 43.3 Å². The van der Waals surface area contributed by atoms with Crippen molar-refractivity contribution in [2.45, 2.75) is 40.5 Å². The third kappa shape index (κ3) is 5.84. The molecule has 1 rings (SSSR count). The Labute approximate surface area is 144 Å². The lowest BCUT2D eigenvalue weighted by Crippen LogP contribution is -2.30. The van der Waals surface area contributed by atoms with Crippen LogP contribution in [0.15, 0.2) is 36.4 Å². The fourth-order valence-corrected chi connectivity index (χ4v) is 2.52. The summed E-state index contributed by atoms with van der Waals surface area (Å²) in [7, 11) is 0. The highest BCUT2D eigenvalue weighted by Gasteiger charge is 2.31. The Morgan fingerprint density at radius 3 is 2.12 bits per heavy atom. The van der Waals surface area contributed by atoms with Crippen molar-refractivity contribution in [3.8, 4) is 0 Å². The van der Waals surface area contributed by atoms with E-state index in [1.165, 1.54) is 11.1 Å². The summed E-state index contributed by atoms with van der Waals surface area (Å²) in [5, 5.41) is 0. The van der Waals surface area contributed by atoms with Gasteiger partial charge in [0.05, 0.1) is 13.2 Å². The van der Waals surface area contributed by atoms with Crippen molar-refractivity contribution in [2.24, 2.45) is 11.8 Å². The minimum absolute atomic E-state index is 0.00317. The number of ether oxygens (including phenoxy) is 2. The lowest BCUT2D eigenvalue weighted by molar-refractivity contribution is -0.162. The molecule has 132 valence electrons. The predicted octanol–water partition coefficient (Wildman–Crippen LogP) is 3.86. The van der Waals surface area contributed by atoms with E-state index in [9.17, 15) is 9.59 Å². The molecule has 1 aromatic rings. The highest BCUT2D eigenvalue weighted by atomic mass is 16.6. The van der Waals surface area contributed by atoms with Gasteiger partial charge in [-0.15, -0.1) is 0 Å². The van der Waals surface area contributed by atoms with Crippen LogP contribution >= 0.6 is 0 Å². The fraction of sp³-hybridized carbons (Fsp3) is 0.500. The number of hydrogen-bond acceptors (Lipinski definition) is 4. The number of esters is 2. The quantitative estimate of drug-likeness (QED) is 0.391. The molecular formula is C20H28O4. The van der Waals surface area contributed by atoms with Crippen molar-refractivity contribution in [2.75, 3.05) is 13.2 Å². The number of carbonyl (C=O) groups is 2. The summed E-state index contributed by atoms with van der Waals surface area (Å²) in [6.07, 6.45) is 1.08. The van der Waals surface area contributed by atoms with E-state index >= 15 is 0 Å². The molecule has 24 heavy (non-hydrogen) atoms. The summed E-state index contributed by atoms with van der Waals surface area (Å²) in [5.41, 5.74) is 3.40. The SMILES string of the molecule is C=C(Cc1ccccc1C)C(C)CC(C(=O)OCC)C(=O)OCC. The molecule has 0 aliphatic carbocycles. The minimum atomic E-state index is -0.895. The smallest absolute Gasteiger partial charge is 0.320 e. The van der Waals surface area contributed by atoms with Crippen LogP contribution in [0.1, 0.15) is 38.3 Å². The Kier molecular flexibility index (Phi) is 8.24. The maximum absolute atomic E-state index is 12.1. The van der Waals surface area contributed by atoms with Crippen molar-refractivity contribution < 1.29 is 19.1 Å². The van der Waals surface area contributed by atoms with Gasteiger partial charge in [-0.25, -0.2) is 0 Å². The third-order valence-electron chi connectivity index (χ3n) is 4.11. The fourth-order valence-electron chi connectivity index (χ4n) is 2.52. The number of rotatable bonds is 9. The van der Waals surface area contributed by atoms with Gasteiger partial charge >= 0.3 is 11.9 Å². The lowest BCUT2D eigenvalue weighted by atomic mass is 9.87. The van der Waals surface area contributed by atoms with Crippen LogP contribution in [-0.4, -0.2) is 25.2 Å². The van der Waals surface area contributed by atoms with E-state index in [1.54, 1.807) is 13.8 Å². The third-order valence-corrected chi connectivity index (χ3v) is 4.11. The molecule has 1 aromatic carbocycles. The van der Waals surface area contributed by atoms with Gasteiger partial charge in [-0.3, -0.25) is 9.59 Å². The zero-order valence-electron chi connectivity index (χ0n) is 15.1. The molecule has 0 spiro atoms. The maximum Gasteiger partial charge on any atom is 0.320 e. The minimum Gasteiger partial charge on any atom is -0.465 e. The second kappa shape index (κ2) is 9.91. The molecule has 1 unspecified atom stereocenters. The van der Waals surface area contributed by atoms with E-state index in [-0.39, 0.29) is 19.1 Å². The Hall–Kier alpha value is -2.10. The molecule has 0 saturated carbocycles. The van der Waals surface area contributed by atoms with Crippen LogP contribution in [0.3, 0.4) is 0 Å². The maximum atomic E-state index is 12.1. The Morgan fingerprint density at radius 1 is 1.08 bits per heavy atom. The average molecular weight is 332 g/mol. The summed E-state index contributed by atoms with van der Waals surface area (Å²) >= 11 is 0. The van der Waals surface area contributed by atoms with Crippen LogP contribution in [0, 0.1) is 18.8 Å². The number of benzene rings is 1. The molecule has 0 saturated heterocycles. The van der Waals surface area contributed by atoms with Crippen molar-refractivity contribution in [1.29, 1.82) is 0 Å². The second-order valence-electron chi connectivity index (χ2n) is 5.95. The van der Waals surface area contributed by atoms with Gasteiger partial charge in [0, 0.05) is 0 Å². The van der Waals surface area contributed by atoms with E-state index in [0.717, 1.165) is 12.0 Å². The number of hydrogen-bond donors (Lipinski definition) is 0. The first-order valence-corrected chi connectivity index (χ1v) is 8.46. The van der Waals surface area contributed by atoms with Crippen LogP contribution in [-0.2, 0) is 25.5 Å². The molecule has 0 fully saturated rings. The van der Waals surface area contributed by atoms with Gasteiger partial charge in [-0.2, -0.15) is 0 Å². The predicted molar refractivity (Wildman–Crippen MR) is 94.6 cm³/mol. The van der Waals surface area contributed by atoms with Crippen molar-refractivity contribution >= 4 is 11.9 Å². The summed E-state index contributed by atoms with van der Waals surface area (Å²) in [6.45, 7) is 12.1. The highest BCUT2D eigenvalue weighted by Crippen LogP contribution is 2.25. The highest BCUT2D eigenvalue weighted by molar-refractivity contribution is 5.94. The normalized spacial score (nSPS) is 11.9. The summed E-state index contributed by atoms with van der Waals surface area (Å²) in [5.74, 6) is -1.94. The van der Waals surface area contributed by atoms with Gasteiger partial charge in [-0.05, 0) is 50.7 Å². The van der Waals surface area contributed by atoms with Gasteiger partial charge in [0.15, 0.2) is 5.92 Å². The van der Waals surface area contributed by atoms with Gasteiger partial charge < -0.3 is 9.47 Å². The molecule has 4 heteroatoms. The molecule has 0 amide bonds. The largest absolute Gasteiger partial charge is 0.465 e. The van der Waals surface area contributed by atoms with E-state index < -0.39 is 17.9 Å². The summed E-state index contributed by atoms with van der Waals surface area (Å²) in [6, 6.07) is 8.14. The molecule has 0 aliphatic rings. The van der Waals surface area contributed by atoms with Crippen LogP contribution in [0.4, 0.5) is 0 Å². The summed E-state index contributed by atoms with van der Waals surface area (Å²) < 4.78 is 10.0. The van der Waals surface area contributed by atoms with Crippen molar-refractivity contribution in [3.05, 3.63) is 47.5 Å². The van der Waals surface area contributed by atoms with E-state index in [2.05, 4.69) is 25.6 Å². The number of carbonyl (C=O) groups excluding carboxylic acids is 2. The molecule has 0 aromatic heterocycles. The monoisotopic (exact) mass is 332 g/mol. The van der Waals surface area contributed by atoms with Gasteiger partial charge in [0.2, 0.25) is 0 Å². The molecule has 4 nitrogen and oxygen atoms in total. The van der Waals surface area contributed by atoms with Crippen LogP contribution in [0.5, 0.6) is 0 Å². The molecule has 0 N–H and O–H groups in total. The molecule has 1 atom stereocenters. The second-order valence-corrected chi connectivity index (χ2v) is 5.95. The molecule has 0 radical (unpaired) electrons. The summed E-state index contributed by atoms with van der Waals surface area (Å²) in [4.78, 5) is 24.2. The average Bonchev–Trinajstić information content (AvgIpc) is 2.54. The molecule has 0 aliphatic heterocycles. The van der Waals surface area contributed by atoms with Crippen LogP contribution in [0.2, 0.25) is 0 Å². The number of allylic oxidation sites excluding steroid dienone is 1. The molecule has 0 bridgehead atoms. The molecule has 0 heterocycles.